The molecule has 0 atom stereocenters. The van der Waals surface area contributed by atoms with Gasteiger partial charge in [-0.3, -0.25) is 14.9 Å². The van der Waals surface area contributed by atoms with Crippen LogP contribution in [0.4, 0.5) is 11.4 Å². The summed E-state index contributed by atoms with van der Waals surface area (Å²) in [6, 6.07) is 11.1. The lowest BCUT2D eigenvalue weighted by Crippen LogP contribution is -2.21. The molecule has 0 aliphatic carbocycles. The van der Waals surface area contributed by atoms with Gasteiger partial charge in [-0.1, -0.05) is 29.8 Å². The number of nitro benzene ring substituents is 1. The van der Waals surface area contributed by atoms with Crippen LogP contribution in [0.5, 0.6) is 0 Å². The van der Waals surface area contributed by atoms with Gasteiger partial charge in [0.05, 0.1) is 10.5 Å². The predicted molar refractivity (Wildman–Crippen MR) is 100 cm³/mol. The third kappa shape index (κ3) is 3.90. The second kappa shape index (κ2) is 7.46. The van der Waals surface area contributed by atoms with Gasteiger partial charge < -0.3 is 15.0 Å². The number of aryl methyl sites for hydroxylation is 1. The van der Waals surface area contributed by atoms with E-state index in [2.05, 4.69) is 10.3 Å². The summed E-state index contributed by atoms with van der Waals surface area (Å²) in [5.74, 6) is -1.36. The van der Waals surface area contributed by atoms with Crippen LogP contribution in [0.25, 0.3) is 10.9 Å². The number of hydrogen-bond donors (Lipinski definition) is 2. The number of aromatic nitrogens is 1. The summed E-state index contributed by atoms with van der Waals surface area (Å²) in [6.07, 6.45) is 0. The average molecular weight is 388 g/mol. The van der Waals surface area contributed by atoms with Gasteiger partial charge in [-0.15, -0.1) is 0 Å². The highest BCUT2D eigenvalue weighted by atomic mass is 35.5. The number of nitrogens with one attached hydrogen (secondary N) is 2. The summed E-state index contributed by atoms with van der Waals surface area (Å²) in [7, 11) is 0. The van der Waals surface area contributed by atoms with Crippen molar-refractivity contribution in [2.45, 2.75) is 6.92 Å². The lowest BCUT2D eigenvalue weighted by atomic mass is 10.1. The maximum Gasteiger partial charge on any atom is 0.341 e. The molecule has 1 heterocycles. The van der Waals surface area contributed by atoms with Crippen molar-refractivity contribution in [3.05, 3.63) is 68.9 Å². The number of benzene rings is 2. The Hall–Kier alpha value is -3.39. The fourth-order valence-electron chi connectivity index (χ4n) is 2.69. The number of fused-ring (bicyclic) bond motifs is 1. The third-order valence-electron chi connectivity index (χ3n) is 3.86. The monoisotopic (exact) mass is 387 g/mol. The Labute approximate surface area is 158 Å². The number of nitro groups is 1. The highest BCUT2D eigenvalue weighted by molar-refractivity contribution is 6.31. The van der Waals surface area contributed by atoms with Crippen molar-refractivity contribution >= 4 is 45.8 Å². The molecule has 2 aromatic carbocycles. The van der Waals surface area contributed by atoms with Gasteiger partial charge in [-0.2, -0.15) is 0 Å². The molecule has 1 aromatic heterocycles. The number of amides is 1. The van der Waals surface area contributed by atoms with Gasteiger partial charge in [0.1, 0.15) is 5.69 Å². The van der Waals surface area contributed by atoms with Crippen molar-refractivity contribution < 1.29 is 19.2 Å². The zero-order valence-electron chi connectivity index (χ0n) is 14.1. The normalized spacial score (nSPS) is 10.6. The standard InChI is InChI=1S/C18H14ClN3O5/c1-10-17(12-4-2-3-5-13(12)20-10)18(24)27-9-16(23)21-14-7-6-11(19)8-15(14)22(25)26/h2-8,20H,9H2,1H3,(H,21,23). The number of anilines is 1. The van der Waals surface area contributed by atoms with E-state index in [4.69, 9.17) is 16.3 Å². The van der Waals surface area contributed by atoms with Crippen LogP contribution in [0.2, 0.25) is 5.02 Å². The minimum Gasteiger partial charge on any atom is -0.452 e. The SMILES string of the molecule is Cc1[nH]c2ccccc2c1C(=O)OCC(=O)Nc1ccc(Cl)cc1[N+](=O)[O-]. The third-order valence-corrected chi connectivity index (χ3v) is 4.10. The molecule has 27 heavy (non-hydrogen) atoms. The molecule has 0 aliphatic heterocycles. The summed E-state index contributed by atoms with van der Waals surface area (Å²) in [4.78, 5) is 37.9. The zero-order valence-corrected chi connectivity index (χ0v) is 14.9. The number of rotatable bonds is 5. The largest absolute Gasteiger partial charge is 0.452 e. The number of ether oxygens (including phenoxy) is 1. The predicted octanol–water partition coefficient (Wildman–Crippen LogP) is 3.83. The van der Waals surface area contributed by atoms with Crippen LogP contribution in [0.1, 0.15) is 16.1 Å². The van der Waals surface area contributed by atoms with Crippen molar-refractivity contribution in [1.29, 1.82) is 0 Å². The summed E-state index contributed by atoms with van der Waals surface area (Å²) in [5, 5.41) is 14.2. The van der Waals surface area contributed by atoms with Crippen molar-refractivity contribution in [3.63, 3.8) is 0 Å². The first-order valence-electron chi connectivity index (χ1n) is 7.85. The van der Waals surface area contributed by atoms with Gasteiger partial charge >= 0.3 is 5.97 Å². The van der Waals surface area contributed by atoms with E-state index >= 15 is 0 Å². The van der Waals surface area contributed by atoms with E-state index in [-0.39, 0.29) is 16.4 Å². The molecule has 8 nitrogen and oxygen atoms in total. The van der Waals surface area contributed by atoms with E-state index in [0.29, 0.717) is 16.6 Å². The van der Waals surface area contributed by atoms with E-state index in [1.54, 1.807) is 19.1 Å². The molecule has 0 fully saturated rings. The van der Waals surface area contributed by atoms with Gasteiger partial charge in [0.2, 0.25) is 0 Å². The van der Waals surface area contributed by atoms with E-state index in [0.717, 1.165) is 11.6 Å². The Balaban J connectivity index is 1.70. The van der Waals surface area contributed by atoms with E-state index in [9.17, 15) is 19.7 Å². The Kier molecular flexibility index (Phi) is 5.09. The molecule has 0 saturated heterocycles. The van der Waals surface area contributed by atoms with E-state index < -0.39 is 23.4 Å². The fourth-order valence-corrected chi connectivity index (χ4v) is 2.86. The Bertz CT molecular complexity index is 1060. The Morgan fingerprint density at radius 2 is 2.00 bits per heavy atom. The maximum absolute atomic E-state index is 12.4. The second-order valence-corrected chi connectivity index (χ2v) is 6.15. The lowest BCUT2D eigenvalue weighted by Gasteiger charge is -2.07. The number of halogens is 1. The van der Waals surface area contributed by atoms with Crippen molar-refractivity contribution in [2.75, 3.05) is 11.9 Å². The molecule has 9 heteroatoms. The highest BCUT2D eigenvalue weighted by Gasteiger charge is 2.20. The molecule has 0 unspecified atom stereocenters. The van der Waals surface area contributed by atoms with Crippen LogP contribution >= 0.6 is 11.6 Å². The molecule has 0 aliphatic rings. The Morgan fingerprint density at radius 3 is 2.74 bits per heavy atom. The number of H-pyrrole nitrogens is 1. The molecule has 3 aromatic rings. The number of nitrogens with zero attached hydrogens (tertiary/aromatic N) is 1. The van der Waals surface area contributed by atoms with Crippen LogP contribution in [-0.4, -0.2) is 28.4 Å². The fraction of sp³-hybridized carbons (Fsp3) is 0.111. The maximum atomic E-state index is 12.4. The number of carbonyl (C=O) groups is 2. The first kappa shape index (κ1) is 18.4. The summed E-state index contributed by atoms with van der Waals surface area (Å²) in [6.45, 7) is 1.14. The van der Waals surface area contributed by atoms with Crippen LogP contribution < -0.4 is 5.32 Å². The molecule has 138 valence electrons. The molecule has 0 bridgehead atoms. The molecule has 0 radical (unpaired) electrons. The minimum absolute atomic E-state index is 0.0336. The lowest BCUT2D eigenvalue weighted by molar-refractivity contribution is -0.383. The topological polar surface area (TPSA) is 114 Å². The van der Waals surface area contributed by atoms with Crippen LogP contribution in [0.3, 0.4) is 0 Å². The van der Waals surface area contributed by atoms with Gasteiger partial charge in [-0.05, 0) is 25.1 Å². The van der Waals surface area contributed by atoms with Crippen LogP contribution in [-0.2, 0) is 9.53 Å². The van der Waals surface area contributed by atoms with Gasteiger partial charge in [0.15, 0.2) is 6.61 Å². The van der Waals surface area contributed by atoms with Crippen molar-refractivity contribution in [2.24, 2.45) is 0 Å². The van der Waals surface area contributed by atoms with Crippen molar-refractivity contribution in [3.8, 4) is 0 Å². The smallest absolute Gasteiger partial charge is 0.341 e. The van der Waals surface area contributed by atoms with Crippen LogP contribution in [0, 0.1) is 17.0 Å². The van der Waals surface area contributed by atoms with E-state index in [1.807, 2.05) is 12.1 Å². The molecular formula is C18H14ClN3O5. The summed E-state index contributed by atoms with van der Waals surface area (Å²) in [5.41, 5.74) is 1.36. The van der Waals surface area contributed by atoms with Gasteiger partial charge in [0, 0.05) is 27.7 Å². The summed E-state index contributed by atoms with van der Waals surface area (Å²) < 4.78 is 5.07. The average Bonchev–Trinajstić information content (AvgIpc) is 2.96. The van der Waals surface area contributed by atoms with Crippen molar-refractivity contribution in [1.82, 2.24) is 4.98 Å². The summed E-state index contributed by atoms with van der Waals surface area (Å²) >= 11 is 5.73. The Morgan fingerprint density at radius 1 is 1.26 bits per heavy atom. The molecule has 2 N–H and O–H groups in total. The highest BCUT2D eigenvalue weighted by Crippen LogP contribution is 2.27. The van der Waals surface area contributed by atoms with Gasteiger partial charge in [-0.25, -0.2) is 4.79 Å². The van der Waals surface area contributed by atoms with Crippen LogP contribution in [0.15, 0.2) is 42.5 Å². The first-order valence-corrected chi connectivity index (χ1v) is 8.23. The number of carbonyl (C=O) groups excluding carboxylic acids is 2. The molecular weight excluding hydrogens is 374 g/mol. The quantitative estimate of drug-likeness (QED) is 0.392. The molecule has 0 saturated carbocycles. The molecule has 3 rings (SSSR count). The first-order chi connectivity index (χ1) is 12.9. The minimum atomic E-state index is -0.703. The molecule has 0 spiro atoms. The number of para-hydroxylation sites is 1. The molecule has 1 amide bonds. The number of esters is 1. The van der Waals surface area contributed by atoms with E-state index in [1.165, 1.54) is 12.1 Å². The number of hydrogen-bond acceptors (Lipinski definition) is 5. The zero-order chi connectivity index (χ0) is 19.6. The van der Waals surface area contributed by atoms with Gasteiger partial charge in [0.25, 0.3) is 11.6 Å². The second-order valence-electron chi connectivity index (χ2n) is 5.71. The number of aromatic amines is 1.